The predicted octanol–water partition coefficient (Wildman–Crippen LogP) is 1.26. The summed E-state index contributed by atoms with van der Waals surface area (Å²) in [5, 5.41) is 0. The molecule has 4 radical (unpaired) electrons. The summed E-state index contributed by atoms with van der Waals surface area (Å²) in [5.41, 5.74) is -0.0579. The van der Waals surface area contributed by atoms with Crippen LogP contribution in [0.5, 0.6) is 0 Å². The molecular weight excluding hydrogens is 93.7 g/mol. The van der Waals surface area contributed by atoms with E-state index in [9.17, 15) is 0 Å². The first-order chi connectivity index (χ1) is 3.80. The highest BCUT2D eigenvalue weighted by atomic mass is 14.2. The van der Waals surface area contributed by atoms with Crippen molar-refractivity contribution in [1.29, 1.82) is 0 Å². The Hall–Kier alpha value is 0.130. The van der Waals surface area contributed by atoms with Crippen LogP contribution >= 0.6 is 0 Å². The van der Waals surface area contributed by atoms with E-state index in [0.717, 1.165) is 0 Å². The summed E-state index contributed by atoms with van der Waals surface area (Å²) in [4.78, 5) is 0. The second-order valence-electron chi connectivity index (χ2n) is 2.62. The van der Waals surface area contributed by atoms with Crippen molar-refractivity contribution in [2.24, 2.45) is 5.92 Å². The van der Waals surface area contributed by atoms with Crippen molar-refractivity contribution < 1.29 is 0 Å². The van der Waals surface area contributed by atoms with Gasteiger partial charge in [-0.05, 0) is 0 Å². The molecule has 0 bridgehead atoms. The van der Waals surface area contributed by atoms with E-state index in [2.05, 4.69) is 0 Å². The van der Waals surface area contributed by atoms with Crippen molar-refractivity contribution in [3.8, 4) is 0 Å². The molecule has 1 aliphatic carbocycles. The maximum absolute atomic E-state index is 5.48. The van der Waals surface area contributed by atoms with E-state index in [1.807, 2.05) is 0 Å². The fourth-order valence-electron chi connectivity index (χ4n) is 1.34. The molecule has 0 heterocycles. The van der Waals surface area contributed by atoms with Crippen LogP contribution in [0, 0.1) is 5.92 Å². The fourth-order valence-corrected chi connectivity index (χ4v) is 1.34. The second-order valence-corrected chi connectivity index (χ2v) is 2.62. The highest BCUT2D eigenvalue weighted by molar-refractivity contribution is 6.35. The first-order valence-corrected chi connectivity index (χ1v) is 3.32. The Kier molecular flexibility index (Phi) is 2.04. The lowest BCUT2D eigenvalue weighted by molar-refractivity contribution is 0.585. The van der Waals surface area contributed by atoms with Crippen LogP contribution in [0.2, 0.25) is 5.72 Å². The fraction of sp³-hybridized carbons (Fsp3) is 1.00. The van der Waals surface area contributed by atoms with Crippen LogP contribution in [0.25, 0.3) is 0 Å². The lowest BCUT2D eigenvalue weighted by Crippen LogP contribution is -2.03. The summed E-state index contributed by atoms with van der Waals surface area (Å²) in [6.45, 7) is 0. The number of hydrogen-bond acceptors (Lipinski definition) is 0. The van der Waals surface area contributed by atoms with Crippen LogP contribution in [0.3, 0.4) is 0 Å². The molecule has 0 saturated heterocycles. The van der Waals surface area contributed by atoms with Gasteiger partial charge in [0.15, 0.2) is 0 Å². The van der Waals surface area contributed by atoms with Gasteiger partial charge in [-0.25, -0.2) is 0 Å². The van der Waals surface area contributed by atoms with E-state index >= 15 is 0 Å². The SMILES string of the molecule is [B]C([B])C1CCCC1. The summed E-state index contributed by atoms with van der Waals surface area (Å²) < 4.78 is 0. The molecule has 0 aromatic heterocycles. The van der Waals surface area contributed by atoms with E-state index in [-0.39, 0.29) is 5.72 Å². The van der Waals surface area contributed by atoms with Gasteiger partial charge < -0.3 is 0 Å². The van der Waals surface area contributed by atoms with Gasteiger partial charge in [0, 0.05) is 0 Å². The Morgan fingerprint density at radius 3 is 1.88 bits per heavy atom. The van der Waals surface area contributed by atoms with Crippen molar-refractivity contribution in [2.75, 3.05) is 0 Å². The summed E-state index contributed by atoms with van der Waals surface area (Å²) in [6, 6.07) is 0. The lowest BCUT2D eigenvalue weighted by Gasteiger charge is -2.12. The second kappa shape index (κ2) is 2.61. The minimum Gasteiger partial charge on any atom is -0.107 e. The summed E-state index contributed by atoms with van der Waals surface area (Å²) >= 11 is 0. The molecule has 0 unspecified atom stereocenters. The van der Waals surface area contributed by atoms with Crippen LogP contribution in [-0.2, 0) is 0 Å². The Bertz CT molecular complexity index is 64.9. The van der Waals surface area contributed by atoms with Crippen molar-refractivity contribution in [1.82, 2.24) is 0 Å². The minimum atomic E-state index is -0.0579. The molecule has 0 amide bonds. The van der Waals surface area contributed by atoms with E-state index in [4.69, 9.17) is 15.7 Å². The molecule has 1 aliphatic rings. The molecule has 1 rings (SSSR count). The molecule has 0 atom stereocenters. The molecule has 0 N–H and O–H groups in total. The van der Waals surface area contributed by atoms with Gasteiger partial charge in [-0.1, -0.05) is 31.6 Å². The summed E-state index contributed by atoms with van der Waals surface area (Å²) in [7, 11) is 11.0. The summed E-state index contributed by atoms with van der Waals surface area (Å²) in [6.07, 6.45) is 5.15. The van der Waals surface area contributed by atoms with Gasteiger partial charge in [-0.2, -0.15) is 0 Å². The summed E-state index contributed by atoms with van der Waals surface area (Å²) in [5.74, 6) is 0.620. The third kappa shape index (κ3) is 1.30. The van der Waals surface area contributed by atoms with Crippen molar-refractivity contribution in [3.63, 3.8) is 0 Å². The van der Waals surface area contributed by atoms with E-state index in [1.165, 1.54) is 25.7 Å². The quantitative estimate of drug-likeness (QED) is 0.439. The zero-order chi connectivity index (χ0) is 5.98. The standard InChI is InChI=1S/C6H10B2/c7-6(8)5-3-1-2-4-5/h5-6H,1-4H2. The van der Waals surface area contributed by atoms with Crippen molar-refractivity contribution in [3.05, 3.63) is 0 Å². The highest BCUT2D eigenvalue weighted by Crippen LogP contribution is 2.30. The lowest BCUT2D eigenvalue weighted by atomic mass is 9.63. The third-order valence-electron chi connectivity index (χ3n) is 1.94. The van der Waals surface area contributed by atoms with Gasteiger partial charge >= 0.3 is 0 Å². The van der Waals surface area contributed by atoms with Gasteiger partial charge in [0.25, 0.3) is 0 Å². The smallest absolute Gasteiger partial charge is 0.0579 e. The van der Waals surface area contributed by atoms with E-state index < -0.39 is 0 Å². The van der Waals surface area contributed by atoms with Crippen molar-refractivity contribution >= 4 is 15.7 Å². The predicted molar refractivity (Wildman–Crippen MR) is 37.2 cm³/mol. The molecular formula is C6H10B2. The monoisotopic (exact) mass is 104 g/mol. The van der Waals surface area contributed by atoms with Crippen LogP contribution < -0.4 is 0 Å². The van der Waals surface area contributed by atoms with E-state index in [1.54, 1.807) is 0 Å². The van der Waals surface area contributed by atoms with Crippen LogP contribution in [0.15, 0.2) is 0 Å². The molecule has 1 fully saturated rings. The van der Waals surface area contributed by atoms with Gasteiger partial charge in [0.1, 0.15) is 0 Å². The Labute approximate surface area is 53.9 Å². The van der Waals surface area contributed by atoms with Gasteiger partial charge in [-0.15, -0.1) is 5.72 Å². The Balaban J connectivity index is 2.24. The molecule has 0 aliphatic heterocycles. The Morgan fingerprint density at radius 2 is 1.62 bits per heavy atom. The first-order valence-electron chi connectivity index (χ1n) is 3.32. The average molecular weight is 104 g/mol. The van der Waals surface area contributed by atoms with E-state index in [0.29, 0.717) is 5.92 Å². The topological polar surface area (TPSA) is 0 Å². The molecule has 40 valence electrons. The normalized spacial score (nSPS) is 22.6. The van der Waals surface area contributed by atoms with Gasteiger partial charge in [-0.3, -0.25) is 0 Å². The number of rotatable bonds is 1. The molecule has 0 aromatic rings. The van der Waals surface area contributed by atoms with Gasteiger partial charge in [0.2, 0.25) is 0 Å². The first kappa shape index (κ1) is 6.25. The molecule has 2 heteroatoms. The number of hydrogen-bond donors (Lipinski definition) is 0. The molecule has 8 heavy (non-hydrogen) atoms. The molecule has 0 spiro atoms. The van der Waals surface area contributed by atoms with Crippen molar-refractivity contribution in [2.45, 2.75) is 31.4 Å². The van der Waals surface area contributed by atoms with Crippen LogP contribution in [0.4, 0.5) is 0 Å². The molecule has 1 saturated carbocycles. The third-order valence-corrected chi connectivity index (χ3v) is 1.94. The van der Waals surface area contributed by atoms with Crippen LogP contribution in [0.1, 0.15) is 25.7 Å². The Morgan fingerprint density at radius 1 is 1.12 bits per heavy atom. The van der Waals surface area contributed by atoms with Gasteiger partial charge in [0.05, 0.1) is 15.7 Å². The zero-order valence-electron chi connectivity index (χ0n) is 5.14. The maximum Gasteiger partial charge on any atom is 0.0579 e. The largest absolute Gasteiger partial charge is 0.107 e. The highest BCUT2D eigenvalue weighted by Gasteiger charge is 2.16. The average Bonchev–Trinajstić information content (AvgIpc) is 2.12. The zero-order valence-corrected chi connectivity index (χ0v) is 5.14. The molecule has 0 nitrogen and oxygen atoms in total. The van der Waals surface area contributed by atoms with Crippen LogP contribution in [-0.4, -0.2) is 15.7 Å². The minimum absolute atomic E-state index is 0.0579. The molecule has 0 aromatic carbocycles. The maximum atomic E-state index is 5.48.